The Kier molecular flexibility index (Phi) is 6.05. The van der Waals surface area contributed by atoms with E-state index in [0.29, 0.717) is 17.8 Å². The molecule has 3 N–H and O–H groups in total. The highest BCUT2D eigenvalue weighted by Gasteiger charge is 2.09. The van der Waals surface area contributed by atoms with Gasteiger partial charge in [0.25, 0.3) is 0 Å². The number of aromatic nitrogens is 1. The van der Waals surface area contributed by atoms with Crippen molar-refractivity contribution < 1.29 is 17.6 Å². The summed E-state index contributed by atoms with van der Waals surface area (Å²) < 4.78 is 29.8. The molecule has 0 unspecified atom stereocenters. The van der Waals surface area contributed by atoms with Crippen molar-refractivity contribution in [1.29, 1.82) is 0 Å². The molecule has 0 aliphatic rings. The first-order valence-corrected chi connectivity index (χ1v) is 10.7. The van der Waals surface area contributed by atoms with Gasteiger partial charge in [-0.3, -0.25) is 4.79 Å². The molecule has 0 aliphatic carbocycles. The lowest BCUT2D eigenvalue weighted by Crippen LogP contribution is -2.14. The molecule has 0 saturated carbocycles. The minimum atomic E-state index is -3.58. The fourth-order valence-corrected chi connectivity index (χ4v) is 3.72. The van der Waals surface area contributed by atoms with Gasteiger partial charge in [-0.15, -0.1) is 0 Å². The lowest BCUT2D eigenvalue weighted by atomic mass is 10.2. The van der Waals surface area contributed by atoms with Crippen molar-refractivity contribution in [2.45, 2.75) is 26.1 Å². The molecule has 2 heterocycles. The number of aryl methyl sites for hydroxylation is 1. The van der Waals surface area contributed by atoms with Gasteiger partial charge in [-0.1, -0.05) is 12.1 Å². The van der Waals surface area contributed by atoms with Gasteiger partial charge in [-0.25, -0.2) is 13.6 Å². The monoisotopic (exact) mass is 413 g/mol. The van der Waals surface area contributed by atoms with E-state index in [1.807, 2.05) is 32.0 Å². The fourth-order valence-electron chi connectivity index (χ4n) is 3.06. The van der Waals surface area contributed by atoms with E-state index >= 15 is 0 Å². The average Bonchev–Trinajstić information content (AvgIpc) is 3.24. The summed E-state index contributed by atoms with van der Waals surface area (Å²) in [4.78, 5) is 12.2. The second kappa shape index (κ2) is 8.50. The Labute approximate surface area is 169 Å². The number of amides is 1. The second-order valence-electron chi connectivity index (χ2n) is 6.82. The van der Waals surface area contributed by atoms with Crippen LogP contribution in [-0.2, 0) is 27.1 Å². The van der Waals surface area contributed by atoms with Crippen molar-refractivity contribution in [3.05, 3.63) is 83.1 Å². The Morgan fingerprint density at radius 1 is 1.21 bits per heavy atom. The maximum atomic E-state index is 12.2. The van der Waals surface area contributed by atoms with Gasteiger partial charge in [0.1, 0.15) is 5.76 Å². The molecule has 0 aliphatic heterocycles. The fraction of sp³-hybridized carbons (Fsp3) is 0.190. The summed E-state index contributed by atoms with van der Waals surface area (Å²) in [5.74, 6) is 0.348. The number of hydrogen-bond donors (Lipinski definition) is 2. The highest BCUT2D eigenvalue weighted by atomic mass is 32.2. The van der Waals surface area contributed by atoms with Crippen LogP contribution in [0.3, 0.4) is 0 Å². The molecular formula is C21H23N3O4S. The number of hydrogen-bond acceptors (Lipinski definition) is 4. The number of sulfonamides is 1. The molecule has 3 aromatic rings. The van der Waals surface area contributed by atoms with Gasteiger partial charge < -0.3 is 14.3 Å². The van der Waals surface area contributed by atoms with Crippen LogP contribution in [0.1, 0.15) is 28.3 Å². The molecule has 0 saturated heterocycles. The Morgan fingerprint density at radius 3 is 2.55 bits per heavy atom. The van der Waals surface area contributed by atoms with E-state index < -0.39 is 10.0 Å². The van der Waals surface area contributed by atoms with E-state index in [9.17, 15) is 13.2 Å². The quantitative estimate of drug-likeness (QED) is 0.580. The van der Waals surface area contributed by atoms with E-state index in [-0.39, 0.29) is 11.7 Å². The number of nitrogens with zero attached hydrogens (tertiary/aromatic N) is 1. The third kappa shape index (κ3) is 5.69. The van der Waals surface area contributed by atoms with E-state index in [4.69, 9.17) is 9.56 Å². The van der Waals surface area contributed by atoms with Crippen LogP contribution in [0.2, 0.25) is 0 Å². The van der Waals surface area contributed by atoms with Gasteiger partial charge in [-0.2, -0.15) is 0 Å². The van der Waals surface area contributed by atoms with Crippen LogP contribution < -0.4 is 10.5 Å². The van der Waals surface area contributed by atoms with Crippen LogP contribution >= 0.6 is 0 Å². The number of benzene rings is 1. The van der Waals surface area contributed by atoms with E-state index in [2.05, 4.69) is 9.88 Å². The first-order valence-electron chi connectivity index (χ1n) is 8.99. The first-order chi connectivity index (χ1) is 13.7. The Bertz CT molecular complexity index is 1130. The summed E-state index contributed by atoms with van der Waals surface area (Å²) in [6, 6.07) is 12.3. The van der Waals surface area contributed by atoms with Crippen LogP contribution in [0.15, 0.2) is 59.2 Å². The number of anilines is 1. The minimum Gasteiger partial charge on any atom is -0.467 e. The lowest BCUT2D eigenvalue weighted by molar-refractivity contribution is -0.111. The van der Waals surface area contributed by atoms with Crippen LogP contribution in [0.5, 0.6) is 0 Å². The number of primary sulfonamides is 1. The van der Waals surface area contributed by atoms with Crippen molar-refractivity contribution in [2.24, 2.45) is 5.14 Å². The molecule has 1 amide bonds. The van der Waals surface area contributed by atoms with Crippen LogP contribution in [-0.4, -0.2) is 18.9 Å². The van der Waals surface area contributed by atoms with E-state index in [1.54, 1.807) is 36.6 Å². The van der Waals surface area contributed by atoms with E-state index in [1.165, 1.54) is 6.08 Å². The molecule has 8 heteroatoms. The molecule has 7 nitrogen and oxygen atoms in total. The van der Waals surface area contributed by atoms with Gasteiger partial charge in [0.15, 0.2) is 0 Å². The molecule has 152 valence electrons. The Morgan fingerprint density at radius 2 is 1.93 bits per heavy atom. The van der Waals surface area contributed by atoms with E-state index in [0.717, 1.165) is 22.7 Å². The van der Waals surface area contributed by atoms with Crippen molar-refractivity contribution in [3.63, 3.8) is 0 Å². The van der Waals surface area contributed by atoms with Gasteiger partial charge in [-0.05, 0) is 61.4 Å². The molecule has 0 bridgehead atoms. The zero-order valence-electron chi connectivity index (χ0n) is 16.3. The van der Waals surface area contributed by atoms with Gasteiger partial charge in [0, 0.05) is 23.2 Å². The highest BCUT2D eigenvalue weighted by molar-refractivity contribution is 7.88. The number of nitrogens with one attached hydrogen (secondary N) is 1. The summed E-state index contributed by atoms with van der Waals surface area (Å²) in [6.45, 7) is 4.64. The third-order valence-electron chi connectivity index (χ3n) is 4.51. The second-order valence-corrected chi connectivity index (χ2v) is 8.43. The molecular weight excluding hydrogens is 390 g/mol. The topological polar surface area (TPSA) is 107 Å². The maximum Gasteiger partial charge on any atom is 0.248 e. The zero-order chi connectivity index (χ0) is 21.0. The number of carbonyl (C=O) groups excluding carboxylic acids is 1. The summed E-state index contributed by atoms with van der Waals surface area (Å²) in [5.41, 5.74) is 4.19. The molecule has 0 spiro atoms. The van der Waals surface area contributed by atoms with Crippen molar-refractivity contribution in [2.75, 3.05) is 5.32 Å². The normalized spacial score (nSPS) is 11.8. The molecule has 0 radical (unpaired) electrons. The third-order valence-corrected chi connectivity index (χ3v) is 5.25. The maximum absolute atomic E-state index is 12.2. The largest absolute Gasteiger partial charge is 0.467 e. The molecule has 0 atom stereocenters. The predicted molar refractivity (Wildman–Crippen MR) is 113 cm³/mol. The first kappa shape index (κ1) is 20.6. The standard InChI is InChI=1S/C21H23N3O4S/c1-15-12-18(16(2)24(15)13-20-4-3-11-28-20)7-10-21(25)23-19-8-5-17(6-9-19)14-29(22,26)27/h3-12H,13-14H2,1-2H3,(H,23,25)(H2,22,26,27). The van der Waals surface area contributed by atoms with Crippen molar-refractivity contribution >= 4 is 27.7 Å². The minimum absolute atomic E-state index is 0.241. The van der Waals surface area contributed by atoms with Crippen LogP contribution in [0.4, 0.5) is 5.69 Å². The number of furan rings is 1. The summed E-state index contributed by atoms with van der Waals surface area (Å²) >= 11 is 0. The van der Waals surface area contributed by atoms with Crippen molar-refractivity contribution in [1.82, 2.24) is 4.57 Å². The molecule has 0 fully saturated rings. The molecule has 2 aromatic heterocycles. The summed E-state index contributed by atoms with van der Waals surface area (Å²) in [5, 5.41) is 7.78. The molecule has 1 aromatic carbocycles. The van der Waals surface area contributed by atoms with Crippen molar-refractivity contribution in [3.8, 4) is 0 Å². The number of nitrogens with two attached hydrogens (primary N) is 1. The Balaban J connectivity index is 1.65. The zero-order valence-corrected chi connectivity index (χ0v) is 17.1. The summed E-state index contributed by atoms with van der Waals surface area (Å²) in [6.07, 6.45) is 4.89. The highest BCUT2D eigenvalue weighted by Crippen LogP contribution is 2.19. The summed E-state index contributed by atoms with van der Waals surface area (Å²) in [7, 11) is -3.58. The number of rotatable bonds is 7. The predicted octanol–water partition coefficient (Wildman–Crippen LogP) is 3.19. The van der Waals surface area contributed by atoms with Crippen LogP contribution in [0, 0.1) is 13.8 Å². The molecule has 3 rings (SSSR count). The van der Waals surface area contributed by atoms with Gasteiger partial charge in [0.05, 0.1) is 18.6 Å². The average molecular weight is 413 g/mol. The molecule has 29 heavy (non-hydrogen) atoms. The van der Waals surface area contributed by atoms with Crippen LogP contribution in [0.25, 0.3) is 6.08 Å². The SMILES string of the molecule is Cc1cc(C=CC(=O)Nc2ccc(CS(N)(=O)=O)cc2)c(C)n1Cc1ccco1. The lowest BCUT2D eigenvalue weighted by Gasteiger charge is -2.07. The Hall–Kier alpha value is -3.10. The number of carbonyl (C=O) groups is 1. The van der Waals surface area contributed by atoms with Gasteiger partial charge >= 0.3 is 0 Å². The van der Waals surface area contributed by atoms with Gasteiger partial charge in [0.2, 0.25) is 15.9 Å². The smallest absolute Gasteiger partial charge is 0.248 e.